The second kappa shape index (κ2) is 9.77. The molecular weight excluding hydrogens is 384 g/mol. The Morgan fingerprint density at radius 3 is 2.82 bits per heavy atom. The quantitative estimate of drug-likeness (QED) is 0.630. The minimum absolute atomic E-state index is 0. The van der Waals surface area contributed by atoms with Gasteiger partial charge in [0.25, 0.3) is 0 Å². The van der Waals surface area contributed by atoms with Crippen molar-refractivity contribution < 1.29 is 19.4 Å². The van der Waals surface area contributed by atoms with E-state index in [-0.39, 0.29) is 36.7 Å². The minimum atomic E-state index is -0.898. The maximum atomic E-state index is 12.7. The van der Waals surface area contributed by atoms with Crippen LogP contribution in [0.1, 0.15) is 23.1 Å². The zero-order valence-corrected chi connectivity index (χ0v) is 17.0. The van der Waals surface area contributed by atoms with Gasteiger partial charge >= 0.3 is 0 Å². The number of methoxy groups -OCH3 is 2. The average Bonchev–Trinajstić information content (AvgIpc) is 3.34. The largest absolute Gasteiger partial charge is 0.497 e. The molecule has 3 rings (SSSR count). The van der Waals surface area contributed by atoms with Gasteiger partial charge < -0.3 is 25.2 Å². The number of ether oxygens (including phenoxy) is 2. The molecule has 2 aromatic rings. The average molecular weight is 411 g/mol. The van der Waals surface area contributed by atoms with Gasteiger partial charge in [0.1, 0.15) is 11.5 Å². The number of nitrogens with one attached hydrogen (secondary N) is 2. The van der Waals surface area contributed by atoms with Gasteiger partial charge in [0.2, 0.25) is 5.91 Å². The summed E-state index contributed by atoms with van der Waals surface area (Å²) in [4.78, 5) is 12.7. The fraction of sp³-hybridized carbons (Fsp3) is 0.474. The first-order valence-electron chi connectivity index (χ1n) is 8.90. The second-order valence-electron chi connectivity index (χ2n) is 6.69. The number of hydrogen-bond donors (Lipinski definition) is 3. The van der Waals surface area contributed by atoms with E-state index in [4.69, 9.17) is 9.47 Å². The summed E-state index contributed by atoms with van der Waals surface area (Å²) in [5, 5.41) is 20.9. The molecule has 3 atom stereocenters. The molecule has 0 aliphatic carbocycles. The predicted octanol–water partition coefficient (Wildman–Crippen LogP) is 1.01. The summed E-state index contributed by atoms with van der Waals surface area (Å²) in [6.45, 7) is 1.43. The van der Waals surface area contributed by atoms with Crippen molar-refractivity contribution in [1.82, 2.24) is 20.4 Å². The van der Waals surface area contributed by atoms with Crippen molar-refractivity contribution in [3.63, 3.8) is 0 Å². The minimum Gasteiger partial charge on any atom is -0.497 e. The number of benzene rings is 1. The fourth-order valence-electron chi connectivity index (χ4n) is 3.47. The molecule has 1 saturated heterocycles. The van der Waals surface area contributed by atoms with Gasteiger partial charge in [-0.15, -0.1) is 12.4 Å². The smallest absolute Gasteiger partial charge is 0.225 e. The normalized spacial score (nSPS) is 19.6. The van der Waals surface area contributed by atoms with E-state index >= 15 is 0 Å². The van der Waals surface area contributed by atoms with Gasteiger partial charge in [-0.05, 0) is 23.8 Å². The van der Waals surface area contributed by atoms with Crippen LogP contribution >= 0.6 is 12.4 Å². The molecule has 1 amide bonds. The first-order valence-corrected chi connectivity index (χ1v) is 8.90. The van der Waals surface area contributed by atoms with E-state index in [0.717, 1.165) is 12.1 Å². The number of halogens is 1. The van der Waals surface area contributed by atoms with Crippen LogP contribution in [0.25, 0.3) is 0 Å². The Balaban J connectivity index is 0.00000280. The van der Waals surface area contributed by atoms with Gasteiger partial charge in [-0.1, -0.05) is 0 Å². The van der Waals surface area contributed by atoms with Gasteiger partial charge in [0.15, 0.2) is 0 Å². The topological polar surface area (TPSA) is 97.6 Å². The third-order valence-corrected chi connectivity index (χ3v) is 4.97. The number of nitrogens with zero attached hydrogens (tertiary/aromatic N) is 2. The van der Waals surface area contributed by atoms with E-state index in [9.17, 15) is 9.90 Å². The van der Waals surface area contributed by atoms with Gasteiger partial charge in [-0.3, -0.25) is 9.48 Å². The Labute approximate surface area is 170 Å². The van der Waals surface area contributed by atoms with Crippen molar-refractivity contribution in [3.8, 4) is 11.5 Å². The molecule has 0 saturated carbocycles. The Hall–Kier alpha value is -2.29. The van der Waals surface area contributed by atoms with Crippen LogP contribution in [-0.2, 0) is 11.8 Å². The van der Waals surface area contributed by atoms with Crippen LogP contribution in [0.4, 0.5) is 0 Å². The van der Waals surface area contributed by atoms with E-state index in [1.165, 1.54) is 0 Å². The van der Waals surface area contributed by atoms with Gasteiger partial charge in [0.05, 0.1) is 32.4 Å². The van der Waals surface area contributed by atoms with Gasteiger partial charge in [-0.25, -0.2) is 0 Å². The summed E-state index contributed by atoms with van der Waals surface area (Å²) in [5.41, 5.74) is 1.61. The number of hydrogen-bond acceptors (Lipinski definition) is 6. The number of aryl methyl sites for hydroxylation is 1. The highest BCUT2D eigenvalue weighted by Crippen LogP contribution is 2.30. The Morgan fingerprint density at radius 2 is 2.18 bits per heavy atom. The maximum absolute atomic E-state index is 12.7. The van der Waals surface area contributed by atoms with E-state index in [2.05, 4.69) is 15.7 Å². The van der Waals surface area contributed by atoms with Crippen LogP contribution < -0.4 is 20.1 Å². The lowest BCUT2D eigenvalue weighted by Crippen LogP contribution is -2.36. The van der Waals surface area contributed by atoms with E-state index in [1.54, 1.807) is 43.3 Å². The molecule has 1 fully saturated rings. The molecule has 28 heavy (non-hydrogen) atoms. The lowest BCUT2D eigenvalue weighted by molar-refractivity contribution is -0.125. The number of aliphatic hydroxyl groups excluding tert-OH is 1. The standard InChI is InChI=1S/C19H26N4O4.ClH/c1-23-11-12(7-22-23)15-8-20-9-16(15)19(25)21-10-17(24)14-6-13(26-2)4-5-18(14)27-3;/h4-7,11,15-17,20,24H,8-10H2,1-3H3,(H,21,25);1H/t15-,16+,17?;/m1./s1. The van der Waals surface area contributed by atoms with Crippen LogP contribution in [0.15, 0.2) is 30.6 Å². The number of rotatable bonds is 7. The van der Waals surface area contributed by atoms with E-state index in [0.29, 0.717) is 23.6 Å². The summed E-state index contributed by atoms with van der Waals surface area (Å²) in [6.07, 6.45) is 2.84. The first-order chi connectivity index (χ1) is 13.0. The van der Waals surface area contributed by atoms with Crippen molar-refractivity contribution in [1.29, 1.82) is 0 Å². The molecule has 2 heterocycles. The van der Waals surface area contributed by atoms with Gasteiger partial charge in [0, 0.05) is 44.4 Å². The Kier molecular flexibility index (Phi) is 7.68. The Bertz CT molecular complexity index is 798. The molecule has 0 spiro atoms. The molecule has 0 bridgehead atoms. The Morgan fingerprint density at radius 1 is 1.39 bits per heavy atom. The van der Waals surface area contributed by atoms with E-state index in [1.807, 2.05) is 13.2 Å². The second-order valence-corrected chi connectivity index (χ2v) is 6.69. The molecule has 9 heteroatoms. The monoisotopic (exact) mass is 410 g/mol. The third kappa shape index (κ3) is 4.76. The number of carbonyl (C=O) groups excluding carboxylic acids is 1. The van der Waals surface area contributed by atoms with Crippen molar-refractivity contribution in [2.75, 3.05) is 33.9 Å². The highest BCUT2D eigenvalue weighted by Gasteiger charge is 2.34. The zero-order valence-electron chi connectivity index (χ0n) is 16.2. The maximum Gasteiger partial charge on any atom is 0.225 e. The lowest BCUT2D eigenvalue weighted by Gasteiger charge is -2.20. The molecule has 1 aliphatic heterocycles. The highest BCUT2D eigenvalue weighted by molar-refractivity contribution is 5.85. The summed E-state index contributed by atoms with van der Waals surface area (Å²) in [7, 11) is 4.96. The number of carbonyl (C=O) groups is 1. The van der Waals surface area contributed by atoms with Crippen molar-refractivity contribution in [2.24, 2.45) is 13.0 Å². The van der Waals surface area contributed by atoms with Crippen molar-refractivity contribution in [2.45, 2.75) is 12.0 Å². The molecule has 1 unspecified atom stereocenters. The third-order valence-electron chi connectivity index (χ3n) is 4.97. The number of aromatic nitrogens is 2. The number of amides is 1. The summed E-state index contributed by atoms with van der Waals surface area (Å²) < 4.78 is 12.2. The summed E-state index contributed by atoms with van der Waals surface area (Å²) in [5.74, 6) is 0.951. The molecular formula is C19H27ClN4O4. The molecule has 154 valence electrons. The highest BCUT2D eigenvalue weighted by atomic mass is 35.5. The van der Waals surface area contributed by atoms with Crippen LogP contribution in [0.5, 0.6) is 11.5 Å². The molecule has 0 radical (unpaired) electrons. The summed E-state index contributed by atoms with van der Waals surface area (Å²) >= 11 is 0. The number of aliphatic hydroxyl groups is 1. The SMILES string of the molecule is COc1ccc(OC)c(C(O)CNC(=O)[C@H]2CNC[C@@H]2c2cnn(C)c2)c1.Cl. The lowest BCUT2D eigenvalue weighted by atomic mass is 9.90. The van der Waals surface area contributed by atoms with Crippen LogP contribution in [0, 0.1) is 5.92 Å². The first kappa shape index (κ1) is 22.0. The van der Waals surface area contributed by atoms with Crippen molar-refractivity contribution >= 4 is 18.3 Å². The van der Waals surface area contributed by atoms with Gasteiger partial charge in [-0.2, -0.15) is 5.10 Å². The van der Waals surface area contributed by atoms with Crippen molar-refractivity contribution in [3.05, 3.63) is 41.7 Å². The molecule has 1 aromatic carbocycles. The molecule has 1 aliphatic rings. The van der Waals surface area contributed by atoms with E-state index < -0.39 is 6.10 Å². The predicted molar refractivity (Wildman–Crippen MR) is 107 cm³/mol. The zero-order chi connectivity index (χ0) is 19.4. The van der Waals surface area contributed by atoms with Crippen LogP contribution in [0.3, 0.4) is 0 Å². The van der Waals surface area contributed by atoms with Crippen LogP contribution in [0.2, 0.25) is 0 Å². The fourth-order valence-corrected chi connectivity index (χ4v) is 3.47. The molecule has 3 N–H and O–H groups in total. The van der Waals surface area contributed by atoms with Crippen LogP contribution in [-0.4, -0.2) is 54.6 Å². The molecule has 1 aromatic heterocycles. The summed E-state index contributed by atoms with van der Waals surface area (Å²) in [6, 6.07) is 5.21. The molecule has 8 nitrogen and oxygen atoms in total.